The Morgan fingerprint density at radius 3 is 3.07 bits per heavy atom. The van der Waals surface area contributed by atoms with Gasteiger partial charge in [-0.15, -0.1) is 10.2 Å². The van der Waals surface area contributed by atoms with Crippen LogP contribution in [0.5, 0.6) is 0 Å². The molecule has 152 valence electrons. The van der Waals surface area contributed by atoms with Crippen molar-refractivity contribution in [3.8, 4) is 0 Å². The second kappa shape index (κ2) is 11.0. The van der Waals surface area contributed by atoms with Crippen molar-refractivity contribution >= 4 is 17.6 Å². The SMILES string of the molecule is CCc1nncn1CCNC(=NCc1cccc(Cl)c1)NCC1CCCCO1. The van der Waals surface area contributed by atoms with E-state index in [2.05, 4.69) is 32.3 Å². The average Bonchev–Trinajstić information content (AvgIpc) is 3.18. The first-order valence-corrected chi connectivity index (χ1v) is 10.4. The van der Waals surface area contributed by atoms with Crippen LogP contribution in [-0.2, 0) is 24.2 Å². The van der Waals surface area contributed by atoms with Gasteiger partial charge in [-0.2, -0.15) is 0 Å². The van der Waals surface area contributed by atoms with Gasteiger partial charge in [0.15, 0.2) is 5.96 Å². The number of halogens is 1. The fourth-order valence-corrected chi connectivity index (χ4v) is 3.41. The highest BCUT2D eigenvalue weighted by Gasteiger charge is 2.14. The van der Waals surface area contributed by atoms with E-state index in [1.54, 1.807) is 6.33 Å². The minimum Gasteiger partial charge on any atom is -0.376 e. The topological polar surface area (TPSA) is 76.4 Å². The fraction of sp³-hybridized carbons (Fsp3) is 0.550. The molecule has 2 N–H and O–H groups in total. The van der Waals surface area contributed by atoms with Gasteiger partial charge in [0, 0.05) is 37.7 Å². The summed E-state index contributed by atoms with van der Waals surface area (Å²) >= 11 is 6.08. The summed E-state index contributed by atoms with van der Waals surface area (Å²) in [5.74, 6) is 1.77. The normalized spacial score (nSPS) is 17.5. The summed E-state index contributed by atoms with van der Waals surface area (Å²) in [5, 5.41) is 15.7. The molecule has 3 rings (SSSR count). The number of aliphatic imine (C=N–C) groups is 1. The second-order valence-corrected chi connectivity index (χ2v) is 7.32. The molecular weight excluding hydrogens is 376 g/mol. The zero-order chi connectivity index (χ0) is 19.6. The fourth-order valence-electron chi connectivity index (χ4n) is 3.19. The number of hydrogen-bond acceptors (Lipinski definition) is 4. The first-order valence-electron chi connectivity index (χ1n) is 9.99. The maximum atomic E-state index is 6.08. The maximum Gasteiger partial charge on any atom is 0.191 e. The Balaban J connectivity index is 1.56. The summed E-state index contributed by atoms with van der Waals surface area (Å²) < 4.78 is 7.88. The van der Waals surface area contributed by atoms with Crippen LogP contribution in [0.3, 0.4) is 0 Å². The van der Waals surface area contributed by atoms with Crippen molar-refractivity contribution in [1.29, 1.82) is 0 Å². The van der Waals surface area contributed by atoms with Crippen LogP contribution in [0.2, 0.25) is 5.02 Å². The zero-order valence-corrected chi connectivity index (χ0v) is 17.2. The van der Waals surface area contributed by atoms with Gasteiger partial charge in [0.1, 0.15) is 12.2 Å². The Hall–Kier alpha value is -2.12. The highest BCUT2D eigenvalue weighted by Crippen LogP contribution is 2.12. The third kappa shape index (κ3) is 6.49. The van der Waals surface area contributed by atoms with Crippen molar-refractivity contribution in [3.05, 3.63) is 47.0 Å². The molecule has 1 saturated heterocycles. The predicted molar refractivity (Wildman–Crippen MR) is 112 cm³/mol. The van der Waals surface area contributed by atoms with E-state index in [0.29, 0.717) is 6.54 Å². The third-order valence-corrected chi connectivity index (χ3v) is 4.97. The van der Waals surface area contributed by atoms with E-state index in [9.17, 15) is 0 Å². The predicted octanol–water partition coefficient (Wildman–Crippen LogP) is 2.80. The van der Waals surface area contributed by atoms with Gasteiger partial charge < -0.3 is 19.9 Å². The Morgan fingerprint density at radius 2 is 2.29 bits per heavy atom. The molecule has 2 heterocycles. The number of aromatic nitrogens is 3. The van der Waals surface area contributed by atoms with Crippen molar-refractivity contribution in [2.24, 2.45) is 4.99 Å². The van der Waals surface area contributed by atoms with E-state index in [1.807, 2.05) is 24.3 Å². The van der Waals surface area contributed by atoms with Gasteiger partial charge in [-0.1, -0.05) is 30.7 Å². The van der Waals surface area contributed by atoms with E-state index in [4.69, 9.17) is 21.3 Å². The molecule has 0 saturated carbocycles. The van der Waals surface area contributed by atoms with Crippen molar-refractivity contribution in [2.45, 2.75) is 51.8 Å². The summed E-state index contributed by atoms with van der Waals surface area (Å²) in [6.07, 6.45) is 6.36. The van der Waals surface area contributed by atoms with Crippen molar-refractivity contribution in [1.82, 2.24) is 25.4 Å². The van der Waals surface area contributed by atoms with Gasteiger partial charge >= 0.3 is 0 Å². The average molecular weight is 405 g/mol. The lowest BCUT2D eigenvalue weighted by atomic mass is 10.1. The number of nitrogens with zero attached hydrogens (tertiary/aromatic N) is 4. The molecule has 1 unspecified atom stereocenters. The first-order chi connectivity index (χ1) is 13.7. The number of aryl methyl sites for hydroxylation is 1. The second-order valence-electron chi connectivity index (χ2n) is 6.89. The lowest BCUT2D eigenvalue weighted by Crippen LogP contribution is -2.43. The Labute approximate surface area is 171 Å². The minimum atomic E-state index is 0.247. The van der Waals surface area contributed by atoms with Crippen molar-refractivity contribution in [2.75, 3.05) is 19.7 Å². The van der Waals surface area contributed by atoms with E-state index in [1.165, 1.54) is 6.42 Å². The van der Waals surface area contributed by atoms with Crippen LogP contribution in [0, 0.1) is 0 Å². The third-order valence-electron chi connectivity index (χ3n) is 4.74. The molecule has 2 aromatic rings. The Kier molecular flexibility index (Phi) is 8.11. The van der Waals surface area contributed by atoms with Crippen LogP contribution >= 0.6 is 11.6 Å². The molecule has 8 heteroatoms. The number of hydrogen-bond donors (Lipinski definition) is 2. The number of nitrogens with one attached hydrogen (secondary N) is 2. The van der Waals surface area contributed by atoms with Gasteiger partial charge in [0.25, 0.3) is 0 Å². The van der Waals surface area contributed by atoms with Crippen LogP contribution in [0.1, 0.15) is 37.6 Å². The molecule has 7 nitrogen and oxygen atoms in total. The maximum absolute atomic E-state index is 6.08. The summed E-state index contributed by atoms with van der Waals surface area (Å²) in [6, 6.07) is 7.79. The summed E-state index contributed by atoms with van der Waals surface area (Å²) in [6.45, 7) is 5.77. The molecule has 0 aliphatic carbocycles. The molecule has 28 heavy (non-hydrogen) atoms. The standard InChI is InChI=1S/C20H29ClN6O/c1-2-19-26-25-15-27(19)10-9-22-20(24-14-18-8-3-4-11-28-18)23-13-16-6-5-7-17(21)12-16/h5-7,12,15,18H,2-4,8-11,13-14H2,1H3,(H2,22,23,24). The molecule has 1 aromatic carbocycles. The first kappa shape index (κ1) is 20.6. The van der Waals surface area contributed by atoms with E-state index < -0.39 is 0 Å². The molecule has 0 amide bonds. The van der Waals surface area contributed by atoms with E-state index in [0.717, 1.165) is 67.9 Å². The molecule has 0 spiro atoms. The van der Waals surface area contributed by atoms with Crippen LogP contribution < -0.4 is 10.6 Å². The largest absolute Gasteiger partial charge is 0.376 e. The Bertz CT molecular complexity index is 757. The van der Waals surface area contributed by atoms with Crippen LogP contribution in [0.4, 0.5) is 0 Å². The number of rotatable bonds is 8. The lowest BCUT2D eigenvalue weighted by Gasteiger charge is -2.24. The minimum absolute atomic E-state index is 0.247. The van der Waals surface area contributed by atoms with Crippen LogP contribution in [0.15, 0.2) is 35.6 Å². The number of ether oxygens (including phenoxy) is 1. The van der Waals surface area contributed by atoms with Crippen LogP contribution in [-0.4, -0.2) is 46.5 Å². The molecule has 1 aliphatic heterocycles. The number of guanidine groups is 1. The van der Waals surface area contributed by atoms with Gasteiger partial charge in [0.2, 0.25) is 0 Å². The van der Waals surface area contributed by atoms with Gasteiger partial charge in [-0.05, 0) is 37.0 Å². The van der Waals surface area contributed by atoms with E-state index >= 15 is 0 Å². The molecule has 1 atom stereocenters. The summed E-state index contributed by atoms with van der Waals surface area (Å²) in [5.41, 5.74) is 1.08. The quantitative estimate of drug-likeness (QED) is 0.522. The monoisotopic (exact) mass is 404 g/mol. The smallest absolute Gasteiger partial charge is 0.191 e. The molecule has 1 fully saturated rings. The van der Waals surface area contributed by atoms with Gasteiger partial charge in [0.05, 0.1) is 12.6 Å². The Morgan fingerprint density at radius 1 is 1.36 bits per heavy atom. The molecule has 1 aromatic heterocycles. The number of benzene rings is 1. The highest BCUT2D eigenvalue weighted by molar-refractivity contribution is 6.30. The molecule has 0 radical (unpaired) electrons. The molecular formula is C20H29ClN6O. The van der Waals surface area contributed by atoms with Gasteiger partial charge in [-0.25, -0.2) is 4.99 Å². The van der Waals surface area contributed by atoms with Gasteiger partial charge in [-0.3, -0.25) is 0 Å². The lowest BCUT2D eigenvalue weighted by molar-refractivity contribution is 0.0194. The van der Waals surface area contributed by atoms with Crippen molar-refractivity contribution in [3.63, 3.8) is 0 Å². The molecule has 1 aliphatic rings. The molecule has 0 bridgehead atoms. The van der Waals surface area contributed by atoms with Crippen LogP contribution in [0.25, 0.3) is 0 Å². The van der Waals surface area contributed by atoms with Crippen molar-refractivity contribution < 1.29 is 4.74 Å². The summed E-state index contributed by atoms with van der Waals surface area (Å²) in [7, 11) is 0. The highest BCUT2D eigenvalue weighted by atomic mass is 35.5. The van der Waals surface area contributed by atoms with E-state index in [-0.39, 0.29) is 6.10 Å². The zero-order valence-electron chi connectivity index (χ0n) is 16.4. The summed E-state index contributed by atoms with van der Waals surface area (Å²) in [4.78, 5) is 4.72.